The molecule has 2 rings (SSSR count). The Balaban J connectivity index is 1.92. The van der Waals surface area contributed by atoms with Gasteiger partial charge in [0.15, 0.2) is 0 Å². The number of nitrogens with zero attached hydrogens (tertiary/aromatic N) is 2. The van der Waals surface area contributed by atoms with Crippen LogP contribution in [0.5, 0.6) is 0 Å². The van der Waals surface area contributed by atoms with Crippen LogP contribution < -0.4 is 16.4 Å². The third kappa shape index (κ3) is 3.56. The zero-order chi connectivity index (χ0) is 12.1. The van der Waals surface area contributed by atoms with Crippen molar-refractivity contribution < 1.29 is 0 Å². The van der Waals surface area contributed by atoms with Crippen LogP contribution in [0.4, 0.5) is 11.6 Å². The van der Waals surface area contributed by atoms with E-state index < -0.39 is 0 Å². The number of anilines is 2. The number of nitrogens with one attached hydrogen (secondary N) is 2. The van der Waals surface area contributed by atoms with Crippen LogP contribution in [0.25, 0.3) is 0 Å². The second kappa shape index (κ2) is 5.82. The third-order valence-corrected chi connectivity index (χ3v) is 3.09. The molecular weight excluding hydrogens is 214 g/mol. The minimum absolute atomic E-state index is 0.605. The molecule has 0 amide bonds. The Bertz CT molecular complexity index is 362. The molecule has 1 fully saturated rings. The summed E-state index contributed by atoms with van der Waals surface area (Å²) < 4.78 is 0. The molecule has 1 aliphatic rings. The first kappa shape index (κ1) is 12.1. The maximum Gasteiger partial charge on any atom is 0.131 e. The Morgan fingerprint density at radius 2 is 2.00 bits per heavy atom. The van der Waals surface area contributed by atoms with Crippen molar-refractivity contribution in [2.75, 3.05) is 30.3 Å². The molecule has 0 bridgehead atoms. The van der Waals surface area contributed by atoms with Crippen molar-refractivity contribution in [1.29, 1.82) is 0 Å². The highest BCUT2D eigenvalue weighted by Gasteiger charge is 2.16. The standard InChI is InChI=1S/C12H21N5/c1-9-16-11(14-6-5-13)7-12(17-9)15-8-10-3-2-4-10/h7,10H,2-6,8,13H2,1H3,(H2,14,15,16,17). The molecule has 5 nitrogen and oxygen atoms in total. The molecule has 1 aromatic heterocycles. The highest BCUT2D eigenvalue weighted by Crippen LogP contribution is 2.26. The number of rotatable bonds is 6. The first-order valence-corrected chi connectivity index (χ1v) is 6.31. The molecule has 94 valence electrons. The molecule has 0 spiro atoms. The van der Waals surface area contributed by atoms with Crippen molar-refractivity contribution in [3.63, 3.8) is 0 Å². The first-order valence-electron chi connectivity index (χ1n) is 6.31. The number of nitrogens with two attached hydrogens (primary N) is 1. The van der Waals surface area contributed by atoms with Crippen LogP contribution in [-0.2, 0) is 0 Å². The summed E-state index contributed by atoms with van der Waals surface area (Å²) in [6.45, 7) is 4.27. The molecule has 1 saturated carbocycles. The van der Waals surface area contributed by atoms with Crippen LogP contribution in [0.1, 0.15) is 25.1 Å². The molecule has 1 heterocycles. The van der Waals surface area contributed by atoms with Crippen molar-refractivity contribution >= 4 is 11.6 Å². The minimum Gasteiger partial charge on any atom is -0.370 e. The van der Waals surface area contributed by atoms with E-state index in [9.17, 15) is 0 Å². The molecule has 0 unspecified atom stereocenters. The topological polar surface area (TPSA) is 75.9 Å². The predicted octanol–water partition coefficient (Wildman–Crippen LogP) is 1.37. The molecule has 0 atom stereocenters. The van der Waals surface area contributed by atoms with E-state index in [-0.39, 0.29) is 0 Å². The van der Waals surface area contributed by atoms with Crippen LogP contribution in [0.3, 0.4) is 0 Å². The molecule has 0 radical (unpaired) electrons. The van der Waals surface area contributed by atoms with Crippen molar-refractivity contribution in [2.24, 2.45) is 11.7 Å². The lowest BCUT2D eigenvalue weighted by atomic mass is 9.85. The Labute approximate surface area is 102 Å². The van der Waals surface area contributed by atoms with Gasteiger partial charge >= 0.3 is 0 Å². The third-order valence-electron chi connectivity index (χ3n) is 3.09. The highest BCUT2D eigenvalue weighted by molar-refractivity contribution is 5.47. The lowest BCUT2D eigenvalue weighted by molar-refractivity contribution is 0.333. The van der Waals surface area contributed by atoms with Crippen LogP contribution in [0.2, 0.25) is 0 Å². The molecule has 0 aromatic carbocycles. The summed E-state index contributed by atoms with van der Waals surface area (Å²) >= 11 is 0. The fourth-order valence-corrected chi connectivity index (χ4v) is 1.89. The summed E-state index contributed by atoms with van der Waals surface area (Å²) in [5, 5.41) is 6.56. The van der Waals surface area contributed by atoms with Gasteiger partial charge in [-0.1, -0.05) is 6.42 Å². The summed E-state index contributed by atoms with van der Waals surface area (Å²) in [5.74, 6) is 3.36. The van der Waals surface area contributed by atoms with Crippen molar-refractivity contribution in [1.82, 2.24) is 9.97 Å². The SMILES string of the molecule is Cc1nc(NCCN)cc(NCC2CCC2)n1. The normalized spacial score (nSPS) is 15.4. The Morgan fingerprint density at radius 1 is 1.29 bits per heavy atom. The quantitative estimate of drug-likeness (QED) is 0.694. The number of aromatic nitrogens is 2. The zero-order valence-electron chi connectivity index (χ0n) is 10.4. The molecular formula is C12H21N5. The summed E-state index contributed by atoms with van der Waals surface area (Å²) in [6, 6.07) is 1.95. The molecule has 17 heavy (non-hydrogen) atoms. The van der Waals surface area contributed by atoms with Crippen LogP contribution >= 0.6 is 0 Å². The Kier molecular flexibility index (Phi) is 4.14. The Hall–Kier alpha value is -1.36. The fraction of sp³-hybridized carbons (Fsp3) is 0.667. The summed E-state index contributed by atoms with van der Waals surface area (Å²) in [4.78, 5) is 8.69. The molecule has 0 aliphatic heterocycles. The van der Waals surface area contributed by atoms with Crippen molar-refractivity contribution in [2.45, 2.75) is 26.2 Å². The molecule has 1 aromatic rings. The van der Waals surface area contributed by atoms with E-state index >= 15 is 0 Å². The van der Waals surface area contributed by atoms with Crippen molar-refractivity contribution in [3.8, 4) is 0 Å². The smallest absolute Gasteiger partial charge is 0.131 e. The van der Waals surface area contributed by atoms with Gasteiger partial charge in [0.2, 0.25) is 0 Å². The van der Waals surface area contributed by atoms with E-state index in [4.69, 9.17) is 5.73 Å². The number of aryl methyl sites for hydroxylation is 1. The van der Waals surface area contributed by atoms with Crippen LogP contribution in [-0.4, -0.2) is 29.6 Å². The van der Waals surface area contributed by atoms with E-state index in [1.54, 1.807) is 0 Å². The summed E-state index contributed by atoms with van der Waals surface area (Å²) in [7, 11) is 0. The van der Waals surface area contributed by atoms with E-state index in [0.29, 0.717) is 6.54 Å². The van der Waals surface area contributed by atoms with Gasteiger partial charge in [-0.05, 0) is 25.7 Å². The lowest BCUT2D eigenvalue weighted by Gasteiger charge is -2.25. The van der Waals surface area contributed by atoms with Gasteiger partial charge in [-0.15, -0.1) is 0 Å². The Morgan fingerprint density at radius 3 is 2.59 bits per heavy atom. The number of hydrogen-bond donors (Lipinski definition) is 3. The maximum absolute atomic E-state index is 5.45. The van der Waals surface area contributed by atoms with Gasteiger partial charge in [-0.3, -0.25) is 0 Å². The van der Waals surface area contributed by atoms with Crippen LogP contribution in [0, 0.1) is 12.8 Å². The average molecular weight is 235 g/mol. The van der Waals surface area contributed by atoms with Crippen LogP contribution in [0.15, 0.2) is 6.07 Å². The minimum atomic E-state index is 0.605. The second-order valence-corrected chi connectivity index (χ2v) is 4.58. The molecule has 1 aliphatic carbocycles. The number of hydrogen-bond acceptors (Lipinski definition) is 5. The predicted molar refractivity (Wildman–Crippen MR) is 70.1 cm³/mol. The molecule has 5 heteroatoms. The van der Waals surface area contributed by atoms with E-state index in [1.165, 1.54) is 19.3 Å². The van der Waals surface area contributed by atoms with Gasteiger partial charge in [0.05, 0.1) is 0 Å². The maximum atomic E-state index is 5.45. The zero-order valence-corrected chi connectivity index (χ0v) is 10.4. The van der Waals surface area contributed by atoms with E-state index in [0.717, 1.165) is 36.5 Å². The van der Waals surface area contributed by atoms with Gasteiger partial charge in [-0.25, -0.2) is 9.97 Å². The van der Waals surface area contributed by atoms with Gasteiger partial charge < -0.3 is 16.4 Å². The van der Waals surface area contributed by atoms with Crippen molar-refractivity contribution in [3.05, 3.63) is 11.9 Å². The average Bonchev–Trinajstić information content (AvgIpc) is 2.23. The lowest BCUT2D eigenvalue weighted by Crippen LogP contribution is -2.21. The summed E-state index contributed by atoms with van der Waals surface area (Å²) in [5.41, 5.74) is 5.45. The second-order valence-electron chi connectivity index (χ2n) is 4.58. The van der Waals surface area contributed by atoms with E-state index in [2.05, 4.69) is 20.6 Å². The summed E-state index contributed by atoms with van der Waals surface area (Å²) in [6.07, 6.45) is 4.06. The first-order chi connectivity index (χ1) is 8.28. The molecule has 4 N–H and O–H groups in total. The van der Waals surface area contributed by atoms with Gasteiger partial charge in [0.25, 0.3) is 0 Å². The largest absolute Gasteiger partial charge is 0.370 e. The monoisotopic (exact) mass is 235 g/mol. The van der Waals surface area contributed by atoms with E-state index in [1.807, 2.05) is 13.0 Å². The molecule has 0 saturated heterocycles. The van der Waals surface area contributed by atoms with Gasteiger partial charge in [0, 0.05) is 25.7 Å². The highest BCUT2D eigenvalue weighted by atomic mass is 15.1. The van der Waals surface area contributed by atoms with Gasteiger partial charge in [0.1, 0.15) is 17.5 Å². The van der Waals surface area contributed by atoms with Gasteiger partial charge in [-0.2, -0.15) is 0 Å². The fourth-order valence-electron chi connectivity index (χ4n) is 1.89.